The number of hydrogen-bond donors (Lipinski definition) is 4. The quantitative estimate of drug-likeness (QED) is 0.172. The van der Waals surface area contributed by atoms with Gasteiger partial charge in [0.2, 0.25) is 5.91 Å². The maximum absolute atomic E-state index is 12.8. The minimum atomic E-state index is -0.956. The molecule has 5 N–H and O–H groups in total. The van der Waals surface area contributed by atoms with Gasteiger partial charge in [0.1, 0.15) is 11.3 Å². The summed E-state index contributed by atoms with van der Waals surface area (Å²) < 4.78 is 1.92. The van der Waals surface area contributed by atoms with Crippen molar-refractivity contribution in [2.45, 2.75) is 19.9 Å². The number of nitrogens with zero attached hydrogens (tertiary/aromatic N) is 4. The zero-order valence-electron chi connectivity index (χ0n) is 24.8. The van der Waals surface area contributed by atoms with E-state index in [-0.39, 0.29) is 24.8 Å². The molecule has 3 heterocycles. The lowest BCUT2D eigenvalue weighted by atomic mass is 10.1. The van der Waals surface area contributed by atoms with Gasteiger partial charge in [-0.1, -0.05) is 36.4 Å². The number of carboxylic acid groups (broad SMARTS) is 1. The zero-order valence-corrected chi connectivity index (χ0v) is 24.8. The molecular formula is C35H29N7O4. The van der Waals surface area contributed by atoms with E-state index in [1.165, 1.54) is 6.92 Å². The third-order valence-corrected chi connectivity index (χ3v) is 7.31. The summed E-state index contributed by atoms with van der Waals surface area (Å²) >= 11 is 0. The number of amides is 2. The van der Waals surface area contributed by atoms with Crippen molar-refractivity contribution in [3.8, 4) is 28.2 Å². The predicted molar refractivity (Wildman–Crippen MR) is 175 cm³/mol. The number of fused-ring (bicyclic) bond motifs is 1. The summed E-state index contributed by atoms with van der Waals surface area (Å²) in [5, 5.41) is 14.7. The van der Waals surface area contributed by atoms with Crippen LogP contribution in [0.25, 0.3) is 39.4 Å². The Hall–Kier alpha value is -6.36. The van der Waals surface area contributed by atoms with Crippen LogP contribution in [0.5, 0.6) is 0 Å². The summed E-state index contributed by atoms with van der Waals surface area (Å²) in [6.45, 7) is 1.74. The molecule has 0 aliphatic heterocycles. The van der Waals surface area contributed by atoms with Gasteiger partial charge in [-0.25, -0.2) is 15.0 Å². The maximum Gasteiger partial charge on any atom is 0.307 e. The zero-order chi connectivity index (χ0) is 32.2. The van der Waals surface area contributed by atoms with Crippen LogP contribution in [0.2, 0.25) is 0 Å². The molecule has 3 aromatic carbocycles. The lowest BCUT2D eigenvalue weighted by Gasteiger charge is -2.12. The number of carbonyl (C=O) groups is 3. The summed E-state index contributed by atoms with van der Waals surface area (Å²) in [4.78, 5) is 49.2. The maximum atomic E-state index is 12.8. The Bertz CT molecular complexity index is 2090. The molecule has 0 bridgehead atoms. The molecule has 11 heteroatoms. The van der Waals surface area contributed by atoms with Crippen LogP contribution < -0.4 is 16.4 Å². The van der Waals surface area contributed by atoms with Crippen LogP contribution >= 0.6 is 0 Å². The van der Waals surface area contributed by atoms with Gasteiger partial charge in [0, 0.05) is 48.4 Å². The van der Waals surface area contributed by atoms with Crippen LogP contribution in [0.1, 0.15) is 28.4 Å². The molecule has 2 amide bonds. The monoisotopic (exact) mass is 611 g/mol. The molecule has 0 radical (unpaired) electrons. The molecule has 46 heavy (non-hydrogen) atoms. The molecule has 3 aromatic heterocycles. The molecule has 0 aliphatic rings. The molecule has 6 rings (SSSR count). The SMILES string of the molecule is CC(=O)Nc1ccc(-c2cnc3c(c2)nc(-c2cccnc2N)n3-c2ccc(CNC(=O)c3cccc(CC(=O)O)c3)cc2)cc1. The fourth-order valence-electron chi connectivity index (χ4n) is 5.15. The molecule has 0 spiro atoms. The second-order valence-corrected chi connectivity index (χ2v) is 10.7. The number of anilines is 2. The van der Waals surface area contributed by atoms with Gasteiger partial charge in [0.25, 0.3) is 5.91 Å². The fraction of sp³-hybridized carbons (Fsp3) is 0.0857. The van der Waals surface area contributed by atoms with Crippen molar-refractivity contribution in [1.29, 1.82) is 0 Å². The van der Waals surface area contributed by atoms with E-state index in [9.17, 15) is 14.4 Å². The third kappa shape index (κ3) is 6.43. The summed E-state index contributed by atoms with van der Waals surface area (Å²) in [5.74, 6) is -0.478. The Balaban J connectivity index is 1.29. The van der Waals surface area contributed by atoms with Crippen molar-refractivity contribution < 1.29 is 19.5 Å². The number of aromatic nitrogens is 4. The molecule has 0 fully saturated rings. The minimum Gasteiger partial charge on any atom is -0.481 e. The lowest BCUT2D eigenvalue weighted by Crippen LogP contribution is -2.23. The summed E-state index contributed by atoms with van der Waals surface area (Å²) in [6.07, 6.45) is 3.25. The number of nitrogens with two attached hydrogens (primary N) is 1. The first-order chi connectivity index (χ1) is 22.2. The molecule has 0 unspecified atom stereocenters. The predicted octanol–water partition coefficient (Wildman–Crippen LogP) is 5.25. The molecule has 0 saturated carbocycles. The first kappa shape index (κ1) is 29.7. The van der Waals surface area contributed by atoms with Gasteiger partial charge in [-0.2, -0.15) is 0 Å². The van der Waals surface area contributed by atoms with E-state index in [0.29, 0.717) is 45.2 Å². The minimum absolute atomic E-state index is 0.137. The molecule has 0 saturated heterocycles. The topological polar surface area (TPSA) is 165 Å². The van der Waals surface area contributed by atoms with Crippen LogP contribution in [0.15, 0.2) is 103 Å². The van der Waals surface area contributed by atoms with Gasteiger partial charge < -0.3 is 21.5 Å². The number of pyridine rings is 2. The Kier molecular flexibility index (Phi) is 8.20. The lowest BCUT2D eigenvalue weighted by molar-refractivity contribution is -0.136. The van der Waals surface area contributed by atoms with E-state index in [1.54, 1.807) is 42.7 Å². The van der Waals surface area contributed by atoms with Gasteiger partial charge in [-0.05, 0) is 71.3 Å². The van der Waals surface area contributed by atoms with E-state index >= 15 is 0 Å². The summed E-state index contributed by atoms with van der Waals surface area (Å²) in [6, 6.07) is 27.3. The molecule has 6 aromatic rings. The molecule has 11 nitrogen and oxygen atoms in total. The van der Waals surface area contributed by atoms with Crippen molar-refractivity contribution in [1.82, 2.24) is 24.8 Å². The van der Waals surface area contributed by atoms with E-state index < -0.39 is 5.97 Å². The molecule has 228 valence electrons. The molecular weight excluding hydrogens is 582 g/mol. The molecule has 0 aliphatic carbocycles. The smallest absolute Gasteiger partial charge is 0.307 e. The van der Waals surface area contributed by atoms with Crippen LogP contribution in [0.3, 0.4) is 0 Å². The molecule has 0 atom stereocenters. The van der Waals surface area contributed by atoms with E-state index in [0.717, 1.165) is 22.4 Å². The highest BCUT2D eigenvalue weighted by molar-refractivity contribution is 5.94. The van der Waals surface area contributed by atoms with Crippen LogP contribution in [-0.4, -0.2) is 42.4 Å². The number of benzene rings is 3. The number of aliphatic carboxylic acids is 1. The normalized spacial score (nSPS) is 10.9. The number of imidazole rings is 1. The average Bonchev–Trinajstić information content (AvgIpc) is 3.42. The van der Waals surface area contributed by atoms with Crippen LogP contribution in [0, 0.1) is 0 Å². The summed E-state index contributed by atoms with van der Waals surface area (Å²) in [7, 11) is 0. The number of carboxylic acids is 1. The van der Waals surface area contributed by atoms with Crippen molar-refractivity contribution in [3.63, 3.8) is 0 Å². The van der Waals surface area contributed by atoms with E-state index in [2.05, 4.69) is 15.6 Å². The van der Waals surface area contributed by atoms with E-state index in [1.807, 2.05) is 65.2 Å². The first-order valence-corrected chi connectivity index (χ1v) is 14.4. The van der Waals surface area contributed by atoms with Crippen molar-refractivity contribution in [3.05, 3.63) is 120 Å². The summed E-state index contributed by atoms with van der Waals surface area (Å²) in [5.41, 5.74) is 13.3. The van der Waals surface area contributed by atoms with E-state index in [4.69, 9.17) is 20.8 Å². The number of rotatable bonds is 9. The number of hydrogen-bond acceptors (Lipinski definition) is 7. The Morgan fingerprint density at radius 3 is 2.37 bits per heavy atom. The highest BCUT2D eigenvalue weighted by Crippen LogP contribution is 2.32. The Labute approximate surface area is 263 Å². The fourth-order valence-corrected chi connectivity index (χ4v) is 5.15. The van der Waals surface area contributed by atoms with Crippen molar-refractivity contribution >= 4 is 40.5 Å². The number of nitrogen functional groups attached to an aromatic ring is 1. The standard InChI is InChI=1S/C35H29N7O4/c1-21(43)40-27-11-9-24(10-12-27)26-18-30-34(38-20-26)42(33(41-30)29-6-3-15-37-32(29)36)28-13-7-22(8-14-28)19-39-35(46)25-5-2-4-23(16-25)17-31(44)45/h2-16,18,20H,17,19H2,1H3,(H2,36,37)(H,39,46)(H,40,43)(H,44,45). The van der Waals surface area contributed by atoms with Gasteiger partial charge in [-0.15, -0.1) is 0 Å². The number of carbonyl (C=O) groups excluding carboxylic acids is 2. The number of nitrogens with one attached hydrogen (secondary N) is 2. The van der Waals surface area contributed by atoms with Crippen LogP contribution in [-0.2, 0) is 22.6 Å². The second kappa shape index (κ2) is 12.7. The third-order valence-electron chi connectivity index (χ3n) is 7.31. The van der Waals surface area contributed by atoms with Gasteiger partial charge in [-0.3, -0.25) is 19.0 Å². The van der Waals surface area contributed by atoms with Gasteiger partial charge in [0.15, 0.2) is 11.5 Å². The Morgan fingerprint density at radius 1 is 0.870 bits per heavy atom. The second-order valence-electron chi connectivity index (χ2n) is 10.7. The highest BCUT2D eigenvalue weighted by atomic mass is 16.4. The van der Waals surface area contributed by atoms with Gasteiger partial charge in [0.05, 0.1) is 12.0 Å². The average molecular weight is 612 g/mol. The largest absolute Gasteiger partial charge is 0.481 e. The highest BCUT2D eigenvalue weighted by Gasteiger charge is 2.19. The van der Waals surface area contributed by atoms with Crippen molar-refractivity contribution in [2.75, 3.05) is 11.1 Å². The Morgan fingerprint density at radius 2 is 1.65 bits per heavy atom. The van der Waals surface area contributed by atoms with Gasteiger partial charge >= 0.3 is 5.97 Å². The van der Waals surface area contributed by atoms with Crippen LogP contribution in [0.4, 0.5) is 11.5 Å². The van der Waals surface area contributed by atoms with Crippen molar-refractivity contribution in [2.24, 2.45) is 0 Å². The first-order valence-electron chi connectivity index (χ1n) is 14.4.